The smallest absolute Gasteiger partial charge is 0.251 e. The summed E-state index contributed by atoms with van der Waals surface area (Å²) in [4.78, 5) is 12.3. The number of carbonyl (C=O) groups excluding carboxylic acids is 1. The van der Waals surface area contributed by atoms with Crippen LogP contribution in [0, 0.1) is 6.92 Å². The molecule has 1 aromatic carbocycles. The van der Waals surface area contributed by atoms with Gasteiger partial charge in [0.15, 0.2) is 0 Å². The summed E-state index contributed by atoms with van der Waals surface area (Å²) in [5.74, 6) is -0.0886. The number of nitrogens with one attached hydrogen (secondary N) is 1. The Morgan fingerprint density at radius 3 is 3.00 bits per heavy atom. The van der Waals surface area contributed by atoms with Crippen molar-refractivity contribution in [3.8, 4) is 5.69 Å². The molecule has 2 heterocycles. The van der Waals surface area contributed by atoms with Gasteiger partial charge in [0.2, 0.25) is 0 Å². The van der Waals surface area contributed by atoms with E-state index in [9.17, 15) is 4.79 Å². The summed E-state index contributed by atoms with van der Waals surface area (Å²) in [6, 6.07) is 5.47. The molecule has 1 fully saturated rings. The molecule has 1 saturated heterocycles. The predicted octanol–water partition coefficient (Wildman–Crippen LogP) is 1.27. The third-order valence-corrected chi connectivity index (χ3v) is 3.94. The van der Waals surface area contributed by atoms with Crippen molar-refractivity contribution in [1.82, 2.24) is 25.5 Å². The van der Waals surface area contributed by atoms with Gasteiger partial charge in [-0.05, 0) is 60.9 Å². The van der Waals surface area contributed by atoms with Gasteiger partial charge in [-0.1, -0.05) is 0 Å². The number of aryl methyl sites for hydroxylation is 1. The van der Waals surface area contributed by atoms with Crippen LogP contribution in [0.25, 0.3) is 5.69 Å². The first-order chi connectivity index (χ1) is 10.6. The van der Waals surface area contributed by atoms with Crippen molar-refractivity contribution in [3.05, 3.63) is 35.7 Å². The molecule has 0 spiro atoms. The van der Waals surface area contributed by atoms with Crippen molar-refractivity contribution in [1.29, 1.82) is 0 Å². The first kappa shape index (κ1) is 14.6. The molecule has 116 valence electrons. The highest BCUT2D eigenvalue weighted by atomic mass is 16.5. The van der Waals surface area contributed by atoms with Crippen LogP contribution >= 0.6 is 0 Å². The zero-order valence-corrected chi connectivity index (χ0v) is 12.7. The van der Waals surface area contributed by atoms with Crippen molar-refractivity contribution in [2.75, 3.05) is 6.61 Å². The lowest BCUT2D eigenvalue weighted by Gasteiger charge is -2.20. The van der Waals surface area contributed by atoms with Crippen LogP contribution in [0.2, 0.25) is 0 Å². The second-order valence-corrected chi connectivity index (χ2v) is 5.57. The quantitative estimate of drug-likeness (QED) is 0.919. The standard InChI is InChI=1S/C15H19N5O2/c1-10-8-12(5-6-13(10)20-9-16-18-19-20)15(21)17-11(2)14-4-3-7-22-14/h5-6,8-9,11,14H,3-4,7H2,1-2H3,(H,17,21)/t11-,14-/m1/s1. The number of hydrogen-bond acceptors (Lipinski definition) is 5. The van der Waals surface area contributed by atoms with E-state index in [4.69, 9.17) is 4.74 Å². The number of benzene rings is 1. The molecule has 1 N–H and O–H groups in total. The molecular weight excluding hydrogens is 282 g/mol. The number of tetrazole rings is 1. The van der Waals surface area contributed by atoms with Crippen molar-refractivity contribution >= 4 is 5.91 Å². The largest absolute Gasteiger partial charge is 0.376 e. The Bertz CT molecular complexity index is 650. The van der Waals surface area contributed by atoms with Gasteiger partial charge >= 0.3 is 0 Å². The van der Waals surface area contributed by atoms with Crippen LogP contribution in [0.15, 0.2) is 24.5 Å². The predicted molar refractivity (Wildman–Crippen MR) is 79.8 cm³/mol. The first-order valence-electron chi connectivity index (χ1n) is 7.41. The number of aromatic nitrogens is 4. The molecule has 0 aliphatic carbocycles. The van der Waals surface area contributed by atoms with Crippen molar-refractivity contribution in [2.45, 2.75) is 38.8 Å². The molecule has 1 aliphatic rings. The molecular formula is C15H19N5O2. The third kappa shape index (κ3) is 2.99. The van der Waals surface area contributed by atoms with Crippen molar-refractivity contribution in [3.63, 3.8) is 0 Å². The number of carbonyl (C=O) groups is 1. The van der Waals surface area contributed by atoms with Gasteiger partial charge in [0.05, 0.1) is 17.8 Å². The van der Waals surface area contributed by atoms with Crippen molar-refractivity contribution < 1.29 is 9.53 Å². The molecule has 0 radical (unpaired) electrons. The molecule has 2 aromatic rings. The molecule has 0 saturated carbocycles. The maximum absolute atomic E-state index is 12.3. The molecule has 1 amide bonds. The van der Waals surface area contributed by atoms with Gasteiger partial charge in [-0.25, -0.2) is 4.68 Å². The van der Waals surface area contributed by atoms with Crippen LogP contribution in [0.5, 0.6) is 0 Å². The van der Waals surface area contributed by atoms with Crippen LogP contribution in [0.4, 0.5) is 0 Å². The first-order valence-corrected chi connectivity index (χ1v) is 7.41. The fourth-order valence-electron chi connectivity index (χ4n) is 2.71. The Morgan fingerprint density at radius 1 is 1.50 bits per heavy atom. The van der Waals surface area contributed by atoms with E-state index < -0.39 is 0 Å². The Hall–Kier alpha value is -2.28. The minimum atomic E-state index is -0.0886. The maximum atomic E-state index is 12.3. The van der Waals surface area contributed by atoms with E-state index in [-0.39, 0.29) is 18.1 Å². The van der Waals surface area contributed by atoms with E-state index in [1.54, 1.807) is 10.7 Å². The van der Waals surface area contributed by atoms with Gasteiger partial charge in [0.1, 0.15) is 6.33 Å². The normalized spacial score (nSPS) is 19.1. The van der Waals surface area contributed by atoms with Crippen LogP contribution < -0.4 is 5.32 Å². The lowest BCUT2D eigenvalue weighted by atomic mass is 10.1. The monoisotopic (exact) mass is 301 g/mol. The average molecular weight is 301 g/mol. The van der Waals surface area contributed by atoms with Gasteiger partial charge in [0, 0.05) is 12.2 Å². The van der Waals surface area contributed by atoms with Gasteiger partial charge in [-0.2, -0.15) is 0 Å². The van der Waals surface area contributed by atoms with E-state index in [2.05, 4.69) is 20.8 Å². The zero-order valence-electron chi connectivity index (χ0n) is 12.7. The summed E-state index contributed by atoms with van der Waals surface area (Å²) >= 11 is 0. The molecule has 22 heavy (non-hydrogen) atoms. The number of nitrogens with zero attached hydrogens (tertiary/aromatic N) is 4. The van der Waals surface area contributed by atoms with Gasteiger partial charge in [-0.3, -0.25) is 4.79 Å². The van der Waals surface area contributed by atoms with Gasteiger partial charge < -0.3 is 10.1 Å². The number of hydrogen-bond donors (Lipinski definition) is 1. The van der Waals surface area contributed by atoms with Crippen LogP contribution in [-0.2, 0) is 4.74 Å². The van der Waals surface area contributed by atoms with Crippen molar-refractivity contribution in [2.24, 2.45) is 0 Å². The lowest BCUT2D eigenvalue weighted by Crippen LogP contribution is -2.40. The van der Waals surface area contributed by atoms with E-state index in [1.807, 2.05) is 26.0 Å². The van der Waals surface area contributed by atoms with Crippen LogP contribution in [0.1, 0.15) is 35.7 Å². The molecule has 1 aliphatic heterocycles. The molecule has 0 unspecified atom stereocenters. The summed E-state index contributed by atoms with van der Waals surface area (Å²) in [5.41, 5.74) is 2.41. The highest BCUT2D eigenvalue weighted by molar-refractivity contribution is 5.94. The van der Waals surface area contributed by atoms with E-state index in [0.717, 1.165) is 30.7 Å². The van der Waals surface area contributed by atoms with E-state index in [0.29, 0.717) is 5.56 Å². The summed E-state index contributed by atoms with van der Waals surface area (Å²) in [6.07, 6.45) is 3.70. The third-order valence-electron chi connectivity index (χ3n) is 3.94. The highest BCUT2D eigenvalue weighted by Gasteiger charge is 2.24. The Morgan fingerprint density at radius 2 is 2.36 bits per heavy atom. The molecule has 7 nitrogen and oxygen atoms in total. The Kier molecular flexibility index (Phi) is 4.15. The number of amides is 1. The van der Waals surface area contributed by atoms with Gasteiger partial charge in [-0.15, -0.1) is 5.10 Å². The molecule has 2 atom stereocenters. The fraction of sp³-hybridized carbons (Fsp3) is 0.467. The summed E-state index contributed by atoms with van der Waals surface area (Å²) < 4.78 is 7.18. The fourth-order valence-corrected chi connectivity index (χ4v) is 2.71. The Labute approximate surface area is 128 Å². The Balaban J connectivity index is 1.71. The zero-order chi connectivity index (χ0) is 15.5. The molecule has 3 rings (SSSR count). The minimum absolute atomic E-state index is 0.00879. The van der Waals surface area contributed by atoms with Gasteiger partial charge in [0.25, 0.3) is 5.91 Å². The maximum Gasteiger partial charge on any atom is 0.251 e. The minimum Gasteiger partial charge on any atom is -0.376 e. The number of rotatable bonds is 4. The second-order valence-electron chi connectivity index (χ2n) is 5.57. The topological polar surface area (TPSA) is 81.9 Å². The van der Waals surface area contributed by atoms with Crippen LogP contribution in [-0.4, -0.2) is 44.9 Å². The van der Waals surface area contributed by atoms with E-state index >= 15 is 0 Å². The highest BCUT2D eigenvalue weighted by Crippen LogP contribution is 2.17. The lowest BCUT2D eigenvalue weighted by molar-refractivity contribution is 0.0712. The van der Waals surface area contributed by atoms with Crippen LogP contribution in [0.3, 0.4) is 0 Å². The van der Waals surface area contributed by atoms with E-state index in [1.165, 1.54) is 6.33 Å². The average Bonchev–Trinajstić information content (AvgIpc) is 3.20. The number of ether oxygens (including phenoxy) is 1. The summed E-state index contributed by atoms with van der Waals surface area (Å²) in [5, 5.41) is 14.1. The SMILES string of the molecule is Cc1cc(C(=O)N[C@H](C)[C@H]2CCCO2)ccc1-n1cnnn1. The molecule has 7 heteroatoms. The molecule has 1 aromatic heterocycles. The summed E-state index contributed by atoms with van der Waals surface area (Å²) in [6.45, 7) is 4.69. The molecule has 0 bridgehead atoms. The summed E-state index contributed by atoms with van der Waals surface area (Å²) in [7, 11) is 0. The second kappa shape index (κ2) is 6.23.